The van der Waals surface area contributed by atoms with Gasteiger partial charge in [-0.25, -0.2) is 0 Å². The van der Waals surface area contributed by atoms with Crippen LogP contribution >= 0.6 is 0 Å². The van der Waals surface area contributed by atoms with E-state index in [0.29, 0.717) is 19.4 Å². The molecule has 0 aromatic rings. The highest BCUT2D eigenvalue weighted by Crippen LogP contribution is 2.22. The first-order valence-electron chi connectivity index (χ1n) is 22.9. The molecule has 1 rings (SSSR count). The van der Waals surface area contributed by atoms with Crippen molar-refractivity contribution >= 4 is 5.97 Å². The second-order valence-electron chi connectivity index (χ2n) is 15.5. The first kappa shape index (κ1) is 52.9. The van der Waals surface area contributed by atoms with Crippen LogP contribution in [0, 0.1) is 0 Å². The van der Waals surface area contributed by atoms with Gasteiger partial charge in [0, 0.05) is 6.42 Å². The number of rotatable bonds is 38. The van der Waals surface area contributed by atoms with Crippen molar-refractivity contribution in [1.29, 1.82) is 0 Å². The van der Waals surface area contributed by atoms with Crippen molar-refractivity contribution < 1.29 is 44.2 Å². The molecule has 6 unspecified atom stereocenters. The van der Waals surface area contributed by atoms with Crippen molar-refractivity contribution in [3.05, 3.63) is 60.8 Å². The largest absolute Gasteiger partial charge is 0.457 e. The second-order valence-corrected chi connectivity index (χ2v) is 15.5. The zero-order valence-electron chi connectivity index (χ0n) is 36.1. The number of aliphatic hydroxyl groups is 4. The minimum atomic E-state index is -1.55. The zero-order chi connectivity index (χ0) is 41.4. The van der Waals surface area contributed by atoms with Crippen LogP contribution in [0.1, 0.15) is 174 Å². The van der Waals surface area contributed by atoms with Crippen molar-refractivity contribution in [3.63, 3.8) is 0 Å². The molecule has 6 atom stereocenters. The third-order valence-electron chi connectivity index (χ3n) is 10.2. The third kappa shape index (κ3) is 30.6. The van der Waals surface area contributed by atoms with Gasteiger partial charge in [-0.1, -0.05) is 184 Å². The number of hydrogen-bond donors (Lipinski definition) is 4. The topological polar surface area (TPSA) is 135 Å². The van der Waals surface area contributed by atoms with Gasteiger partial charge in [0.05, 0.1) is 26.4 Å². The molecule has 57 heavy (non-hydrogen) atoms. The quantitative estimate of drug-likeness (QED) is 0.0273. The van der Waals surface area contributed by atoms with Gasteiger partial charge >= 0.3 is 5.97 Å². The zero-order valence-corrected chi connectivity index (χ0v) is 36.1. The lowest BCUT2D eigenvalue weighted by atomic mass is 9.99. The summed E-state index contributed by atoms with van der Waals surface area (Å²) in [6.45, 7) is 4.23. The van der Waals surface area contributed by atoms with E-state index in [4.69, 9.17) is 18.9 Å². The van der Waals surface area contributed by atoms with E-state index in [2.05, 4.69) is 74.6 Å². The SMILES string of the molecule is CC/C=C\C/C=C\C/C=C\C/C=C\C/C=C\CCOCC(COC1OC(CO)C(O)C(O)C1O)OC(=O)CCCCCCCCCCCCCCCCCCCC. The molecule has 1 aliphatic heterocycles. The van der Waals surface area contributed by atoms with Gasteiger partial charge in [-0.05, 0) is 44.9 Å². The molecule has 0 saturated carbocycles. The van der Waals surface area contributed by atoms with Crippen LogP contribution in [0.3, 0.4) is 0 Å². The van der Waals surface area contributed by atoms with E-state index in [0.717, 1.165) is 51.4 Å². The standard InChI is InChI=1S/C48H84O9/c1-3-5-7-9-11-13-15-17-19-21-22-23-25-27-29-31-33-35-37-44(50)56-42(41-55-48-47(53)46(52)45(51)43(39-49)57-48)40-54-38-36-34-32-30-28-26-24-20-18-16-14-12-10-8-6-4-2/h6,8,12,14,18,20,26,28,32,34,42-43,45-49,51-53H,3-5,7,9-11,13,15-17,19,21-25,27,29-31,33,35-41H2,1-2H3/b8-6-,14-12-,20-18-,28-26-,34-32-. The normalized spacial score (nSPS) is 21.0. The number of esters is 1. The summed E-state index contributed by atoms with van der Waals surface area (Å²) in [6.07, 6.45) is 42.7. The van der Waals surface area contributed by atoms with Crippen LogP contribution in [0.25, 0.3) is 0 Å². The molecule has 1 saturated heterocycles. The Morgan fingerprint density at radius 3 is 1.51 bits per heavy atom. The molecule has 1 heterocycles. The minimum absolute atomic E-state index is 0.0903. The second kappa shape index (κ2) is 39.4. The van der Waals surface area contributed by atoms with Gasteiger partial charge < -0.3 is 39.4 Å². The molecular formula is C48H84O9. The molecule has 1 fully saturated rings. The fraction of sp³-hybridized carbons (Fsp3) is 0.771. The highest BCUT2D eigenvalue weighted by molar-refractivity contribution is 5.69. The number of unbranched alkanes of at least 4 members (excludes halogenated alkanes) is 17. The van der Waals surface area contributed by atoms with Gasteiger partial charge in [0.25, 0.3) is 0 Å². The number of allylic oxidation sites excluding steroid dienone is 9. The molecule has 0 aromatic heterocycles. The lowest BCUT2D eigenvalue weighted by Gasteiger charge is -2.39. The summed E-state index contributed by atoms with van der Waals surface area (Å²) < 4.78 is 22.7. The molecule has 0 amide bonds. The maximum atomic E-state index is 12.8. The summed E-state index contributed by atoms with van der Waals surface area (Å²) in [5.74, 6) is -0.338. The van der Waals surface area contributed by atoms with Gasteiger partial charge in [0.2, 0.25) is 0 Å². The van der Waals surface area contributed by atoms with E-state index < -0.39 is 43.4 Å². The predicted octanol–water partition coefficient (Wildman–Crippen LogP) is 10.3. The Morgan fingerprint density at radius 1 is 0.579 bits per heavy atom. The van der Waals surface area contributed by atoms with E-state index in [1.807, 2.05) is 0 Å². The average Bonchev–Trinajstić information content (AvgIpc) is 3.21. The Hall–Kier alpha value is -2.11. The molecule has 0 aliphatic carbocycles. The first-order valence-corrected chi connectivity index (χ1v) is 22.9. The van der Waals surface area contributed by atoms with E-state index in [-0.39, 0.29) is 19.2 Å². The molecule has 330 valence electrons. The highest BCUT2D eigenvalue weighted by atomic mass is 16.7. The molecule has 0 radical (unpaired) electrons. The number of aliphatic hydroxyl groups excluding tert-OH is 4. The lowest BCUT2D eigenvalue weighted by Crippen LogP contribution is -2.59. The van der Waals surface area contributed by atoms with Crippen molar-refractivity contribution in [1.82, 2.24) is 0 Å². The fourth-order valence-electron chi connectivity index (χ4n) is 6.67. The Labute approximate surface area is 347 Å². The van der Waals surface area contributed by atoms with Crippen LogP contribution in [0.5, 0.6) is 0 Å². The van der Waals surface area contributed by atoms with E-state index in [1.54, 1.807) is 0 Å². The van der Waals surface area contributed by atoms with Gasteiger partial charge in [-0.2, -0.15) is 0 Å². The van der Waals surface area contributed by atoms with Gasteiger partial charge in [-0.3, -0.25) is 4.79 Å². The van der Waals surface area contributed by atoms with Crippen molar-refractivity contribution in [2.45, 2.75) is 211 Å². The third-order valence-corrected chi connectivity index (χ3v) is 10.2. The summed E-state index contributed by atoms with van der Waals surface area (Å²) in [6, 6.07) is 0. The van der Waals surface area contributed by atoms with Crippen LogP contribution in [-0.4, -0.2) is 89.6 Å². The number of carbonyl (C=O) groups is 1. The van der Waals surface area contributed by atoms with Crippen molar-refractivity contribution in [2.24, 2.45) is 0 Å². The van der Waals surface area contributed by atoms with Crippen LogP contribution in [0.15, 0.2) is 60.8 Å². The van der Waals surface area contributed by atoms with Crippen LogP contribution in [-0.2, 0) is 23.7 Å². The molecule has 0 spiro atoms. The van der Waals surface area contributed by atoms with Crippen molar-refractivity contribution in [3.8, 4) is 0 Å². The summed E-state index contributed by atoms with van der Waals surface area (Å²) in [5, 5.41) is 40.1. The monoisotopic (exact) mass is 805 g/mol. The average molecular weight is 805 g/mol. The summed E-state index contributed by atoms with van der Waals surface area (Å²) in [7, 11) is 0. The minimum Gasteiger partial charge on any atom is -0.457 e. The van der Waals surface area contributed by atoms with E-state index in [1.165, 1.54) is 96.3 Å². The van der Waals surface area contributed by atoms with Gasteiger partial charge in [-0.15, -0.1) is 0 Å². The summed E-state index contributed by atoms with van der Waals surface area (Å²) >= 11 is 0. The summed E-state index contributed by atoms with van der Waals surface area (Å²) in [5.41, 5.74) is 0. The molecular weight excluding hydrogens is 721 g/mol. The molecule has 9 heteroatoms. The number of hydrogen-bond acceptors (Lipinski definition) is 9. The molecule has 4 N–H and O–H groups in total. The van der Waals surface area contributed by atoms with Gasteiger partial charge in [0.15, 0.2) is 6.29 Å². The van der Waals surface area contributed by atoms with Crippen LogP contribution in [0.4, 0.5) is 0 Å². The molecule has 0 aromatic carbocycles. The highest BCUT2D eigenvalue weighted by Gasteiger charge is 2.44. The Morgan fingerprint density at radius 2 is 1.04 bits per heavy atom. The van der Waals surface area contributed by atoms with E-state index in [9.17, 15) is 25.2 Å². The van der Waals surface area contributed by atoms with Crippen LogP contribution < -0.4 is 0 Å². The van der Waals surface area contributed by atoms with Crippen LogP contribution in [0.2, 0.25) is 0 Å². The maximum Gasteiger partial charge on any atom is 0.306 e. The Bertz CT molecular complexity index is 1050. The predicted molar refractivity (Wildman–Crippen MR) is 233 cm³/mol. The summed E-state index contributed by atoms with van der Waals surface area (Å²) in [4.78, 5) is 12.8. The van der Waals surface area contributed by atoms with Crippen molar-refractivity contribution in [2.75, 3.05) is 26.4 Å². The maximum absolute atomic E-state index is 12.8. The Kier molecular flexibility index (Phi) is 36.5. The molecule has 1 aliphatic rings. The molecule has 9 nitrogen and oxygen atoms in total. The smallest absolute Gasteiger partial charge is 0.306 e. The number of ether oxygens (including phenoxy) is 4. The fourth-order valence-corrected chi connectivity index (χ4v) is 6.67. The molecule has 0 bridgehead atoms. The Balaban J connectivity index is 2.30. The first-order chi connectivity index (χ1) is 27.9. The number of carbonyl (C=O) groups excluding carboxylic acids is 1. The lowest BCUT2D eigenvalue weighted by molar-refractivity contribution is -0.305. The van der Waals surface area contributed by atoms with Gasteiger partial charge in [0.1, 0.15) is 30.5 Å². The van der Waals surface area contributed by atoms with E-state index >= 15 is 0 Å².